The van der Waals surface area contributed by atoms with Gasteiger partial charge in [-0.25, -0.2) is 0 Å². The molecule has 0 fully saturated rings. The number of thiocarbonyl (C=S) groups is 2. The fourth-order valence-corrected chi connectivity index (χ4v) is 5.36. The third-order valence-corrected chi connectivity index (χ3v) is 8.23. The third-order valence-electron chi connectivity index (χ3n) is 4.83. The molecule has 0 aliphatic carbocycles. The molecule has 35 heavy (non-hydrogen) atoms. The van der Waals surface area contributed by atoms with E-state index in [1.54, 1.807) is 21.6 Å². The quantitative estimate of drug-likeness (QED) is 0.176. The van der Waals surface area contributed by atoms with Crippen molar-refractivity contribution in [2.75, 3.05) is 28.2 Å². The molecule has 0 aromatic heterocycles. The molecule has 0 atom stereocenters. The van der Waals surface area contributed by atoms with E-state index in [1.807, 2.05) is 50.1 Å². The molecular weight excluding hydrogens is 513 g/mol. The van der Waals surface area contributed by atoms with E-state index in [-0.39, 0.29) is 5.92 Å². The fraction of sp³-hybridized carbons (Fsp3) is 0.360. The summed E-state index contributed by atoms with van der Waals surface area (Å²) in [6.07, 6.45) is 0.781. The summed E-state index contributed by atoms with van der Waals surface area (Å²) in [6.45, 7) is 6.37. The van der Waals surface area contributed by atoms with Gasteiger partial charge >= 0.3 is 0 Å². The van der Waals surface area contributed by atoms with E-state index in [9.17, 15) is 0 Å². The van der Waals surface area contributed by atoms with Crippen LogP contribution in [0.5, 0.6) is 0 Å². The first-order chi connectivity index (χ1) is 16.6. The lowest BCUT2D eigenvalue weighted by atomic mass is 10.0. The Morgan fingerprint density at radius 1 is 0.800 bits per heavy atom. The van der Waals surface area contributed by atoms with Crippen molar-refractivity contribution in [3.05, 3.63) is 59.7 Å². The average molecular weight is 547 g/mol. The van der Waals surface area contributed by atoms with Gasteiger partial charge in [-0.05, 0) is 48.9 Å². The molecule has 10 heteroatoms. The minimum Gasteiger partial charge on any atom is -0.354 e. The lowest BCUT2D eigenvalue weighted by Crippen LogP contribution is -2.32. The SMILES string of the molecule is CC/C(=N\NC(=S)N(C)C)c1ccccc1SSc1ccccc1/C(=N/NC(=S)N(C)C)C(C)C. The minimum atomic E-state index is 0.219. The van der Waals surface area contributed by atoms with E-state index in [0.29, 0.717) is 10.2 Å². The molecule has 0 radical (unpaired) electrons. The summed E-state index contributed by atoms with van der Waals surface area (Å²) in [4.78, 5) is 5.93. The Morgan fingerprint density at radius 3 is 1.74 bits per heavy atom. The highest BCUT2D eigenvalue weighted by molar-refractivity contribution is 8.76. The monoisotopic (exact) mass is 546 g/mol. The predicted molar refractivity (Wildman–Crippen MR) is 162 cm³/mol. The topological polar surface area (TPSA) is 55.3 Å². The van der Waals surface area contributed by atoms with Crippen LogP contribution in [0.2, 0.25) is 0 Å². The van der Waals surface area contributed by atoms with Gasteiger partial charge in [0.15, 0.2) is 10.2 Å². The molecule has 0 aliphatic rings. The first-order valence-electron chi connectivity index (χ1n) is 11.3. The highest BCUT2D eigenvalue weighted by atomic mass is 33.1. The zero-order chi connectivity index (χ0) is 26.0. The van der Waals surface area contributed by atoms with Crippen molar-refractivity contribution < 1.29 is 0 Å². The molecule has 0 aliphatic heterocycles. The number of hydrogen-bond acceptors (Lipinski definition) is 6. The van der Waals surface area contributed by atoms with Gasteiger partial charge in [-0.1, -0.05) is 78.8 Å². The predicted octanol–water partition coefficient (Wildman–Crippen LogP) is 5.83. The molecule has 2 aromatic carbocycles. The zero-order valence-corrected chi connectivity index (χ0v) is 24.6. The van der Waals surface area contributed by atoms with Gasteiger partial charge in [0.2, 0.25) is 0 Å². The van der Waals surface area contributed by atoms with Gasteiger partial charge in [-0.15, -0.1) is 0 Å². The number of hydrogen-bond donors (Lipinski definition) is 2. The van der Waals surface area contributed by atoms with E-state index in [1.165, 1.54) is 0 Å². The number of benzene rings is 2. The summed E-state index contributed by atoms with van der Waals surface area (Å²) in [7, 11) is 11.0. The normalized spacial score (nSPS) is 11.9. The van der Waals surface area contributed by atoms with Crippen LogP contribution in [0.3, 0.4) is 0 Å². The van der Waals surface area contributed by atoms with Crippen LogP contribution in [-0.4, -0.2) is 59.6 Å². The molecule has 2 N–H and O–H groups in total. The molecule has 0 spiro atoms. The molecule has 0 heterocycles. The smallest absolute Gasteiger partial charge is 0.189 e. The number of hydrazone groups is 2. The summed E-state index contributed by atoms with van der Waals surface area (Å²) < 4.78 is 0. The van der Waals surface area contributed by atoms with Crippen molar-refractivity contribution >= 4 is 67.7 Å². The summed E-state index contributed by atoms with van der Waals surface area (Å²) in [5, 5.41) is 10.4. The largest absolute Gasteiger partial charge is 0.354 e. The molecule has 0 saturated heterocycles. The highest BCUT2D eigenvalue weighted by Gasteiger charge is 2.16. The maximum Gasteiger partial charge on any atom is 0.189 e. The molecular formula is C25H34N6S4. The fourth-order valence-electron chi connectivity index (χ4n) is 2.87. The second-order valence-electron chi connectivity index (χ2n) is 8.35. The van der Waals surface area contributed by atoms with Gasteiger partial charge < -0.3 is 9.80 Å². The first-order valence-corrected chi connectivity index (χ1v) is 14.2. The van der Waals surface area contributed by atoms with Crippen LogP contribution in [-0.2, 0) is 0 Å². The molecule has 2 rings (SSSR count). The van der Waals surface area contributed by atoms with E-state index < -0.39 is 0 Å². The van der Waals surface area contributed by atoms with Gasteiger partial charge in [0.25, 0.3) is 0 Å². The summed E-state index contributed by atoms with van der Waals surface area (Å²) in [5.74, 6) is 0.219. The first kappa shape index (κ1) is 29.1. The Morgan fingerprint density at radius 2 is 1.26 bits per heavy atom. The Labute approximate surface area is 228 Å². The third kappa shape index (κ3) is 8.79. The van der Waals surface area contributed by atoms with Crippen LogP contribution in [0.25, 0.3) is 0 Å². The second-order valence-corrected chi connectivity index (χ2v) is 11.3. The molecule has 0 unspecified atom stereocenters. The van der Waals surface area contributed by atoms with Gasteiger partial charge in [0.05, 0.1) is 11.4 Å². The van der Waals surface area contributed by atoms with Gasteiger partial charge in [0, 0.05) is 49.1 Å². The van der Waals surface area contributed by atoms with E-state index in [0.717, 1.165) is 38.8 Å². The Bertz CT molecular complexity index is 1080. The van der Waals surface area contributed by atoms with Crippen LogP contribution >= 0.6 is 46.0 Å². The summed E-state index contributed by atoms with van der Waals surface area (Å²) in [6, 6.07) is 16.7. The number of nitrogens with zero attached hydrogens (tertiary/aromatic N) is 4. The molecule has 0 bridgehead atoms. The van der Waals surface area contributed by atoms with Crippen molar-refractivity contribution in [3.63, 3.8) is 0 Å². The Kier molecular flexibility index (Phi) is 12.0. The van der Waals surface area contributed by atoms with Crippen molar-refractivity contribution in [1.29, 1.82) is 0 Å². The van der Waals surface area contributed by atoms with E-state index in [4.69, 9.17) is 24.4 Å². The minimum absolute atomic E-state index is 0.219. The highest BCUT2D eigenvalue weighted by Crippen LogP contribution is 2.41. The van der Waals surface area contributed by atoms with Gasteiger partial charge in [0.1, 0.15) is 0 Å². The Balaban J connectivity index is 2.32. The number of rotatable bonds is 9. The van der Waals surface area contributed by atoms with Crippen molar-refractivity contribution in [1.82, 2.24) is 20.7 Å². The van der Waals surface area contributed by atoms with Gasteiger partial charge in [-0.2, -0.15) is 10.2 Å². The second kappa shape index (κ2) is 14.4. The molecule has 6 nitrogen and oxygen atoms in total. The maximum absolute atomic E-state index is 5.35. The van der Waals surface area contributed by atoms with E-state index >= 15 is 0 Å². The summed E-state index contributed by atoms with van der Waals surface area (Å²) in [5.41, 5.74) is 10.1. The van der Waals surface area contributed by atoms with Crippen molar-refractivity contribution in [2.45, 2.75) is 37.0 Å². The van der Waals surface area contributed by atoms with Crippen LogP contribution in [0, 0.1) is 5.92 Å². The Hall–Kier alpha value is -2.14. The maximum atomic E-state index is 5.35. The van der Waals surface area contributed by atoms with Crippen LogP contribution < -0.4 is 10.9 Å². The van der Waals surface area contributed by atoms with Crippen LogP contribution in [0.4, 0.5) is 0 Å². The zero-order valence-electron chi connectivity index (χ0n) is 21.3. The summed E-state index contributed by atoms with van der Waals surface area (Å²) >= 11 is 10.7. The van der Waals surface area contributed by atoms with E-state index in [2.05, 4.69) is 78.2 Å². The van der Waals surface area contributed by atoms with Crippen LogP contribution in [0.1, 0.15) is 38.3 Å². The average Bonchev–Trinajstić information content (AvgIpc) is 2.83. The van der Waals surface area contributed by atoms with Crippen molar-refractivity contribution in [3.8, 4) is 0 Å². The molecule has 0 saturated carbocycles. The lowest BCUT2D eigenvalue weighted by molar-refractivity contribution is 0.605. The van der Waals surface area contributed by atoms with Crippen LogP contribution in [0.15, 0.2) is 68.5 Å². The standard InChI is InChI=1S/C25H34N6S4/c1-8-20(26-28-24(32)30(4)5)18-13-9-11-15-21(18)34-35-22-16-12-10-14-19(22)23(17(2)3)27-29-25(33)31(6)7/h9-17H,8H2,1-7H3,(H,28,32)(H,29,33)/b26-20+,27-23+. The molecule has 0 amide bonds. The van der Waals surface area contributed by atoms with Crippen molar-refractivity contribution in [2.24, 2.45) is 16.1 Å². The molecule has 188 valence electrons. The van der Waals surface area contributed by atoms with Gasteiger partial charge in [-0.3, -0.25) is 10.9 Å². The number of nitrogens with one attached hydrogen (secondary N) is 2. The lowest BCUT2D eigenvalue weighted by Gasteiger charge is -2.17. The molecule has 2 aromatic rings.